The van der Waals surface area contributed by atoms with Crippen molar-refractivity contribution in [1.29, 1.82) is 0 Å². The van der Waals surface area contributed by atoms with Gasteiger partial charge in [0.05, 0.1) is 25.9 Å². The Morgan fingerprint density at radius 2 is 1.67 bits per heavy atom. The summed E-state index contributed by atoms with van der Waals surface area (Å²) in [6.07, 6.45) is 1.11. The molecule has 0 unspecified atom stereocenters. The number of hydrogen-bond donors (Lipinski definition) is 0. The van der Waals surface area contributed by atoms with Gasteiger partial charge in [0.2, 0.25) is 0 Å². The summed E-state index contributed by atoms with van der Waals surface area (Å²) in [7, 11) is -3.44. The number of thiazole rings is 1. The number of sulfone groups is 1. The summed E-state index contributed by atoms with van der Waals surface area (Å²) < 4.78 is 26.0. The number of anilines is 1. The van der Waals surface area contributed by atoms with Gasteiger partial charge >= 0.3 is 0 Å². The van der Waals surface area contributed by atoms with Crippen LogP contribution in [-0.4, -0.2) is 31.7 Å². The summed E-state index contributed by atoms with van der Waals surface area (Å²) in [5.41, 5.74) is 4.51. The van der Waals surface area contributed by atoms with E-state index in [-0.39, 0.29) is 9.92 Å². The zero-order chi connectivity index (χ0) is 21.5. The van der Waals surface area contributed by atoms with Crippen LogP contribution in [0.1, 0.15) is 24.0 Å². The molecule has 158 valence electrons. The van der Waals surface area contributed by atoms with Gasteiger partial charge in [0.15, 0.2) is 15.0 Å². The van der Waals surface area contributed by atoms with Gasteiger partial charge in [-0.05, 0) is 57.0 Å². The zero-order valence-electron chi connectivity index (χ0n) is 16.7. The van der Waals surface area contributed by atoms with Crippen LogP contribution in [0.25, 0.3) is 11.3 Å². The lowest BCUT2D eigenvalue weighted by Gasteiger charge is -2.31. The van der Waals surface area contributed by atoms with E-state index in [4.69, 9.17) is 28.2 Å². The van der Waals surface area contributed by atoms with Crippen molar-refractivity contribution in [2.45, 2.75) is 36.8 Å². The highest BCUT2D eigenvalue weighted by molar-refractivity contribution is 7.92. The second-order valence-electron chi connectivity index (χ2n) is 7.70. The zero-order valence-corrected chi connectivity index (χ0v) is 19.9. The van der Waals surface area contributed by atoms with Gasteiger partial charge in [-0.1, -0.05) is 40.4 Å². The van der Waals surface area contributed by atoms with Gasteiger partial charge < -0.3 is 4.90 Å². The largest absolute Gasteiger partial charge is 0.348 e. The first-order valence-corrected chi connectivity index (χ1v) is 12.9. The highest BCUT2D eigenvalue weighted by Crippen LogP contribution is 2.33. The summed E-state index contributed by atoms with van der Waals surface area (Å²) in [5, 5.41) is 3.20. The molecule has 1 aliphatic heterocycles. The van der Waals surface area contributed by atoms with Crippen LogP contribution in [0.3, 0.4) is 0 Å². The molecule has 1 saturated heterocycles. The van der Waals surface area contributed by atoms with Gasteiger partial charge in [-0.25, -0.2) is 13.4 Å². The Kier molecular flexibility index (Phi) is 6.13. The summed E-state index contributed by atoms with van der Waals surface area (Å²) in [4.78, 5) is 7.23. The van der Waals surface area contributed by atoms with Crippen LogP contribution in [-0.2, 0) is 9.84 Å². The van der Waals surface area contributed by atoms with Gasteiger partial charge in [0, 0.05) is 24.0 Å². The van der Waals surface area contributed by atoms with Crippen LogP contribution in [0, 0.1) is 13.8 Å². The van der Waals surface area contributed by atoms with Gasteiger partial charge in [0.1, 0.15) is 0 Å². The molecule has 0 saturated carbocycles. The van der Waals surface area contributed by atoms with E-state index in [0.717, 1.165) is 16.4 Å². The van der Waals surface area contributed by atoms with Crippen LogP contribution < -0.4 is 4.90 Å². The molecule has 4 rings (SSSR count). The van der Waals surface area contributed by atoms with Crippen molar-refractivity contribution in [2.24, 2.45) is 0 Å². The molecule has 2 heterocycles. The van der Waals surface area contributed by atoms with Gasteiger partial charge in [0.25, 0.3) is 0 Å². The SMILES string of the molecule is Cc1cc(C)cc(-c2csc(N3CCC(S(=O)(=O)c4ccc(Cl)c(Cl)c4)CC3)n2)c1. The molecule has 30 heavy (non-hydrogen) atoms. The van der Waals surface area contributed by atoms with Crippen molar-refractivity contribution in [3.05, 3.63) is 63.0 Å². The molecular weight excluding hydrogens is 459 g/mol. The minimum Gasteiger partial charge on any atom is -0.348 e. The lowest BCUT2D eigenvalue weighted by Crippen LogP contribution is -2.39. The molecule has 0 amide bonds. The highest BCUT2D eigenvalue weighted by atomic mass is 35.5. The molecular formula is C22H22Cl2N2O2S2. The summed E-state index contributed by atoms with van der Waals surface area (Å²) in [5.74, 6) is 0. The van der Waals surface area contributed by atoms with Crippen molar-refractivity contribution in [3.8, 4) is 11.3 Å². The number of nitrogens with zero attached hydrogens (tertiary/aromatic N) is 2. The Bertz CT molecular complexity index is 1160. The third-order valence-electron chi connectivity index (χ3n) is 5.38. The Labute approximate surface area is 191 Å². The van der Waals surface area contributed by atoms with E-state index in [1.54, 1.807) is 11.3 Å². The molecule has 2 aromatic carbocycles. The monoisotopic (exact) mass is 480 g/mol. The molecule has 1 fully saturated rings. The molecule has 0 atom stereocenters. The van der Waals surface area contributed by atoms with Crippen molar-refractivity contribution in [1.82, 2.24) is 4.98 Å². The average Bonchev–Trinajstić information content (AvgIpc) is 3.20. The summed E-state index contributed by atoms with van der Waals surface area (Å²) in [6, 6.07) is 10.9. The third kappa shape index (κ3) is 4.37. The van der Waals surface area contributed by atoms with E-state index in [9.17, 15) is 8.42 Å². The van der Waals surface area contributed by atoms with Crippen molar-refractivity contribution in [3.63, 3.8) is 0 Å². The number of benzene rings is 2. The molecule has 0 aliphatic carbocycles. The number of aryl methyl sites for hydroxylation is 2. The molecule has 8 heteroatoms. The minimum absolute atomic E-state index is 0.238. The van der Waals surface area contributed by atoms with Crippen molar-refractivity contribution >= 4 is 49.5 Å². The predicted molar refractivity (Wildman–Crippen MR) is 126 cm³/mol. The number of halogens is 2. The first-order chi connectivity index (χ1) is 14.2. The van der Waals surface area contributed by atoms with Crippen molar-refractivity contribution < 1.29 is 8.42 Å². The maximum Gasteiger partial charge on any atom is 0.185 e. The van der Waals surface area contributed by atoms with E-state index >= 15 is 0 Å². The third-order valence-corrected chi connectivity index (χ3v) is 9.28. The number of aromatic nitrogens is 1. The predicted octanol–water partition coefficient (Wildman–Crippen LogP) is 6.18. The lowest BCUT2D eigenvalue weighted by atomic mass is 10.1. The minimum atomic E-state index is -3.44. The second kappa shape index (κ2) is 8.50. The smallest absolute Gasteiger partial charge is 0.185 e. The standard InChI is InChI=1S/C22H22Cl2N2O2S2/c1-14-9-15(2)11-16(10-14)21-13-29-22(25-21)26-7-5-17(6-8-26)30(27,28)18-3-4-19(23)20(24)12-18/h3-4,9-13,17H,5-8H2,1-2H3. The normalized spacial score (nSPS) is 15.5. The van der Waals surface area contributed by atoms with Crippen LogP contribution in [0.2, 0.25) is 10.0 Å². The molecule has 0 bridgehead atoms. The fourth-order valence-corrected chi connectivity index (χ4v) is 6.88. The molecule has 0 radical (unpaired) electrons. The Morgan fingerprint density at radius 1 is 1.00 bits per heavy atom. The van der Waals surface area contributed by atoms with Crippen LogP contribution in [0.4, 0.5) is 5.13 Å². The van der Waals surface area contributed by atoms with Gasteiger partial charge in [-0.15, -0.1) is 11.3 Å². The van der Waals surface area contributed by atoms with E-state index in [1.807, 2.05) is 0 Å². The number of rotatable bonds is 4. The van der Waals surface area contributed by atoms with E-state index in [2.05, 4.69) is 42.3 Å². The molecule has 1 aliphatic rings. The molecule has 3 aromatic rings. The second-order valence-corrected chi connectivity index (χ2v) is 11.6. The fraction of sp³-hybridized carbons (Fsp3) is 0.318. The lowest BCUT2D eigenvalue weighted by molar-refractivity contribution is 0.529. The topological polar surface area (TPSA) is 50.3 Å². The molecule has 1 aromatic heterocycles. The summed E-state index contributed by atoms with van der Waals surface area (Å²) in [6.45, 7) is 5.49. The van der Waals surface area contributed by atoms with E-state index < -0.39 is 15.1 Å². The van der Waals surface area contributed by atoms with Gasteiger partial charge in [-0.3, -0.25) is 0 Å². The van der Waals surface area contributed by atoms with Crippen LogP contribution >= 0.6 is 34.5 Å². The maximum absolute atomic E-state index is 13.0. The Balaban J connectivity index is 1.47. The summed E-state index contributed by atoms with van der Waals surface area (Å²) >= 11 is 13.6. The Morgan fingerprint density at radius 3 is 2.30 bits per heavy atom. The van der Waals surface area contributed by atoms with Crippen LogP contribution in [0.15, 0.2) is 46.7 Å². The van der Waals surface area contributed by atoms with E-state index in [1.165, 1.54) is 29.3 Å². The van der Waals surface area contributed by atoms with Crippen molar-refractivity contribution in [2.75, 3.05) is 18.0 Å². The molecule has 0 N–H and O–H groups in total. The highest BCUT2D eigenvalue weighted by Gasteiger charge is 2.32. The first-order valence-electron chi connectivity index (χ1n) is 9.72. The molecule has 4 nitrogen and oxygen atoms in total. The Hall–Kier alpha value is -1.60. The maximum atomic E-state index is 13.0. The van der Waals surface area contributed by atoms with E-state index in [0.29, 0.717) is 31.0 Å². The fourth-order valence-electron chi connectivity index (χ4n) is 3.87. The van der Waals surface area contributed by atoms with Gasteiger partial charge in [-0.2, -0.15) is 0 Å². The molecule has 0 spiro atoms. The number of piperidine rings is 1. The number of hydrogen-bond acceptors (Lipinski definition) is 5. The quantitative estimate of drug-likeness (QED) is 0.447. The average molecular weight is 481 g/mol. The van der Waals surface area contributed by atoms with Crippen LogP contribution in [0.5, 0.6) is 0 Å². The first kappa shape index (κ1) is 21.6.